The van der Waals surface area contributed by atoms with E-state index in [0.29, 0.717) is 5.92 Å². The summed E-state index contributed by atoms with van der Waals surface area (Å²) in [6.07, 6.45) is 2.07. The van der Waals surface area contributed by atoms with Crippen molar-refractivity contribution in [1.29, 1.82) is 0 Å². The highest BCUT2D eigenvalue weighted by molar-refractivity contribution is 7.18. The normalized spacial score (nSPS) is 11.6. The lowest BCUT2D eigenvalue weighted by atomic mass is 9.98. The van der Waals surface area contributed by atoms with Crippen LogP contribution in [-0.2, 0) is 0 Å². The molecule has 0 spiro atoms. The average molecular weight is 358 g/mol. The van der Waals surface area contributed by atoms with Crippen LogP contribution in [0.15, 0.2) is 12.1 Å². The van der Waals surface area contributed by atoms with E-state index >= 15 is 0 Å². The van der Waals surface area contributed by atoms with Gasteiger partial charge >= 0.3 is 5.00 Å². The molecule has 0 unspecified atom stereocenters. The SMILES string of the molecule is CCC(CC)c1cc(C)nc2c(-c3sc([N+](=O)[O-])cc3C)c(C)nn12. The van der Waals surface area contributed by atoms with Gasteiger partial charge < -0.3 is 0 Å². The van der Waals surface area contributed by atoms with Crippen molar-refractivity contribution >= 4 is 22.0 Å². The molecule has 0 atom stereocenters. The Labute approximate surface area is 150 Å². The summed E-state index contributed by atoms with van der Waals surface area (Å²) in [5.41, 5.74) is 5.54. The Morgan fingerprint density at radius 3 is 2.48 bits per heavy atom. The molecule has 0 aliphatic rings. The molecular formula is C18H22N4O2S. The number of hydrogen-bond acceptors (Lipinski definition) is 5. The number of thiophene rings is 1. The lowest BCUT2D eigenvalue weighted by Crippen LogP contribution is -2.07. The van der Waals surface area contributed by atoms with E-state index in [-0.39, 0.29) is 9.92 Å². The standard InChI is InChI=1S/C18H22N4O2S/c1-6-13(7-2)14-9-11(4)19-18-16(12(5)20-21(14)18)17-10(3)8-15(25-17)22(23)24/h8-9,13H,6-7H2,1-5H3. The average Bonchev–Trinajstić information content (AvgIpc) is 3.08. The number of nitro groups is 1. The number of aryl methyl sites for hydroxylation is 3. The Kier molecular flexibility index (Phi) is 4.60. The van der Waals surface area contributed by atoms with Crippen LogP contribution in [0.25, 0.3) is 16.1 Å². The lowest BCUT2D eigenvalue weighted by molar-refractivity contribution is -0.380. The molecule has 0 N–H and O–H groups in total. The largest absolute Gasteiger partial charge is 0.324 e. The molecule has 0 saturated carbocycles. The van der Waals surface area contributed by atoms with Gasteiger partial charge in [-0.15, -0.1) is 0 Å². The molecule has 0 aromatic carbocycles. The quantitative estimate of drug-likeness (QED) is 0.464. The Hall–Kier alpha value is -2.28. The molecular weight excluding hydrogens is 336 g/mol. The van der Waals surface area contributed by atoms with Gasteiger partial charge in [0, 0.05) is 28.2 Å². The molecule has 0 aliphatic carbocycles. The molecule has 3 rings (SSSR count). The van der Waals surface area contributed by atoms with E-state index in [9.17, 15) is 10.1 Å². The highest BCUT2D eigenvalue weighted by Crippen LogP contribution is 2.40. The first-order valence-corrected chi connectivity index (χ1v) is 9.31. The van der Waals surface area contributed by atoms with Crippen LogP contribution >= 0.6 is 11.3 Å². The Bertz CT molecular complexity index is 954. The van der Waals surface area contributed by atoms with Crippen LogP contribution in [0.3, 0.4) is 0 Å². The Morgan fingerprint density at radius 1 is 1.24 bits per heavy atom. The summed E-state index contributed by atoms with van der Waals surface area (Å²) >= 11 is 1.19. The third-order valence-electron chi connectivity index (χ3n) is 4.64. The summed E-state index contributed by atoms with van der Waals surface area (Å²) in [5, 5.41) is 16.0. The van der Waals surface area contributed by atoms with Crippen LogP contribution in [0.2, 0.25) is 0 Å². The third-order valence-corrected chi connectivity index (χ3v) is 5.84. The molecule has 132 valence electrons. The molecule has 0 aliphatic heterocycles. The summed E-state index contributed by atoms with van der Waals surface area (Å²) < 4.78 is 1.93. The first-order valence-electron chi connectivity index (χ1n) is 8.49. The molecule has 3 aromatic heterocycles. The minimum Gasteiger partial charge on any atom is -0.258 e. The van der Waals surface area contributed by atoms with Crippen molar-refractivity contribution in [3.8, 4) is 10.4 Å². The first kappa shape index (κ1) is 17.5. The zero-order valence-electron chi connectivity index (χ0n) is 15.2. The number of hydrogen-bond donors (Lipinski definition) is 0. The highest BCUT2D eigenvalue weighted by atomic mass is 32.1. The van der Waals surface area contributed by atoms with Gasteiger partial charge in [0.05, 0.1) is 16.2 Å². The van der Waals surface area contributed by atoms with Crippen LogP contribution < -0.4 is 0 Å². The smallest absolute Gasteiger partial charge is 0.258 e. The first-order chi connectivity index (χ1) is 11.9. The second-order valence-electron chi connectivity index (χ2n) is 6.39. The Balaban J connectivity index is 2.31. The zero-order valence-corrected chi connectivity index (χ0v) is 16.0. The molecule has 0 saturated heterocycles. The van der Waals surface area contributed by atoms with Crippen LogP contribution in [-0.4, -0.2) is 19.5 Å². The fourth-order valence-corrected chi connectivity index (χ4v) is 4.42. The summed E-state index contributed by atoms with van der Waals surface area (Å²) in [4.78, 5) is 16.4. The van der Waals surface area contributed by atoms with Crippen LogP contribution in [0, 0.1) is 30.9 Å². The fourth-order valence-electron chi connectivity index (χ4n) is 3.34. The molecule has 0 bridgehead atoms. The number of rotatable bonds is 5. The van der Waals surface area contributed by atoms with Crippen molar-refractivity contribution < 1.29 is 4.92 Å². The van der Waals surface area contributed by atoms with E-state index in [1.54, 1.807) is 6.07 Å². The van der Waals surface area contributed by atoms with E-state index in [1.165, 1.54) is 11.3 Å². The van der Waals surface area contributed by atoms with Gasteiger partial charge in [-0.2, -0.15) is 5.10 Å². The predicted octanol–water partition coefficient (Wildman–Crippen LogP) is 5.19. The molecule has 3 heterocycles. The molecule has 3 aromatic rings. The molecule has 6 nitrogen and oxygen atoms in total. The summed E-state index contributed by atoms with van der Waals surface area (Å²) in [6, 6.07) is 3.73. The lowest BCUT2D eigenvalue weighted by Gasteiger charge is -2.15. The Morgan fingerprint density at radius 2 is 1.92 bits per heavy atom. The maximum absolute atomic E-state index is 11.1. The predicted molar refractivity (Wildman–Crippen MR) is 100 cm³/mol. The highest BCUT2D eigenvalue weighted by Gasteiger charge is 2.23. The molecule has 0 radical (unpaired) electrons. The van der Waals surface area contributed by atoms with E-state index < -0.39 is 0 Å². The minimum atomic E-state index is -0.337. The van der Waals surface area contributed by atoms with Crippen molar-refractivity contribution in [3.05, 3.63) is 44.9 Å². The summed E-state index contributed by atoms with van der Waals surface area (Å²) in [5.74, 6) is 0.412. The molecule has 0 fully saturated rings. The van der Waals surface area contributed by atoms with Crippen molar-refractivity contribution in [2.24, 2.45) is 0 Å². The third kappa shape index (κ3) is 2.93. The summed E-state index contributed by atoms with van der Waals surface area (Å²) in [6.45, 7) is 10.2. The number of nitrogens with zero attached hydrogens (tertiary/aromatic N) is 4. The molecule has 25 heavy (non-hydrogen) atoms. The van der Waals surface area contributed by atoms with Crippen LogP contribution in [0.1, 0.15) is 55.3 Å². The van der Waals surface area contributed by atoms with Gasteiger partial charge in [0.25, 0.3) is 0 Å². The van der Waals surface area contributed by atoms with Gasteiger partial charge in [-0.3, -0.25) is 10.1 Å². The number of aromatic nitrogens is 3. The number of fused-ring (bicyclic) bond motifs is 1. The second-order valence-corrected chi connectivity index (χ2v) is 7.42. The maximum Gasteiger partial charge on any atom is 0.324 e. The van der Waals surface area contributed by atoms with Gasteiger partial charge in [0.1, 0.15) is 0 Å². The van der Waals surface area contributed by atoms with Gasteiger partial charge in [0.15, 0.2) is 5.65 Å². The van der Waals surface area contributed by atoms with E-state index in [1.807, 2.05) is 25.3 Å². The van der Waals surface area contributed by atoms with Crippen molar-refractivity contribution in [2.75, 3.05) is 0 Å². The van der Waals surface area contributed by atoms with Gasteiger partial charge in [-0.1, -0.05) is 25.2 Å². The zero-order chi connectivity index (χ0) is 18.3. The van der Waals surface area contributed by atoms with Gasteiger partial charge in [-0.05, 0) is 45.2 Å². The van der Waals surface area contributed by atoms with Crippen LogP contribution in [0.5, 0.6) is 0 Å². The fraction of sp³-hybridized carbons (Fsp3) is 0.444. The van der Waals surface area contributed by atoms with Crippen LogP contribution in [0.4, 0.5) is 5.00 Å². The minimum absolute atomic E-state index is 0.152. The van der Waals surface area contributed by atoms with E-state index in [0.717, 1.165) is 51.6 Å². The molecule has 7 heteroatoms. The second kappa shape index (κ2) is 6.55. The van der Waals surface area contributed by atoms with Gasteiger partial charge in [-0.25, -0.2) is 9.50 Å². The van der Waals surface area contributed by atoms with Crippen molar-refractivity contribution in [2.45, 2.75) is 53.4 Å². The molecule has 0 amide bonds. The van der Waals surface area contributed by atoms with E-state index in [2.05, 4.69) is 19.9 Å². The van der Waals surface area contributed by atoms with Gasteiger partial charge in [0.2, 0.25) is 0 Å². The summed E-state index contributed by atoms with van der Waals surface area (Å²) in [7, 11) is 0. The van der Waals surface area contributed by atoms with Crippen molar-refractivity contribution in [1.82, 2.24) is 14.6 Å². The maximum atomic E-state index is 11.1. The topological polar surface area (TPSA) is 73.3 Å². The van der Waals surface area contributed by atoms with Crippen molar-refractivity contribution in [3.63, 3.8) is 0 Å². The monoisotopic (exact) mass is 358 g/mol. The van der Waals surface area contributed by atoms with E-state index in [4.69, 9.17) is 10.1 Å².